The third-order valence-electron chi connectivity index (χ3n) is 3.72. The second kappa shape index (κ2) is 4.07. The second-order valence-electron chi connectivity index (χ2n) is 4.80. The first kappa shape index (κ1) is 11.4. The molecule has 0 spiro atoms. The second-order valence-corrected chi connectivity index (χ2v) is 4.80. The lowest BCUT2D eigenvalue weighted by Crippen LogP contribution is -2.41. The van der Waals surface area contributed by atoms with E-state index < -0.39 is 5.41 Å². The van der Waals surface area contributed by atoms with Crippen molar-refractivity contribution in [3.8, 4) is 0 Å². The summed E-state index contributed by atoms with van der Waals surface area (Å²) in [7, 11) is 0. The Labute approximate surface area is 95.9 Å². The Balaban J connectivity index is 2.09. The van der Waals surface area contributed by atoms with Crippen molar-refractivity contribution in [2.75, 3.05) is 19.7 Å². The maximum absolute atomic E-state index is 12.3. The van der Waals surface area contributed by atoms with E-state index in [9.17, 15) is 9.59 Å². The van der Waals surface area contributed by atoms with Gasteiger partial charge in [0.25, 0.3) is 0 Å². The molecule has 1 aliphatic carbocycles. The average Bonchev–Trinajstić information content (AvgIpc) is 2.73. The van der Waals surface area contributed by atoms with Crippen LogP contribution in [0.25, 0.3) is 0 Å². The summed E-state index contributed by atoms with van der Waals surface area (Å²) in [6.45, 7) is 5.67. The fraction of sp³-hybridized carbons (Fsp3) is 0.833. The normalized spacial score (nSPS) is 32.6. The van der Waals surface area contributed by atoms with Gasteiger partial charge >= 0.3 is 5.97 Å². The van der Waals surface area contributed by atoms with Gasteiger partial charge in [-0.1, -0.05) is 6.92 Å². The van der Waals surface area contributed by atoms with Gasteiger partial charge in [0.15, 0.2) is 0 Å². The van der Waals surface area contributed by atoms with Crippen LogP contribution in [0.1, 0.15) is 33.1 Å². The van der Waals surface area contributed by atoms with Crippen LogP contribution >= 0.6 is 0 Å². The Bertz CT molecular complexity index is 309. The van der Waals surface area contributed by atoms with Crippen molar-refractivity contribution in [1.82, 2.24) is 4.90 Å². The molecule has 0 bridgehead atoms. The minimum atomic E-state index is -0.833. The highest BCUT2D eigenvalue weighted by molar-refractivity contribution is 6.06. The van der Waals surface area contributed by atoms with Crippen LogP contribution in [-0.2, 0) is 14.3 Å². The van der Waals surface area contributed by atoms with E-state index in [1.54, 1.807) is 6.92 Å². The highest BCUT2D eigenvalue weighted by atomic mass is 16.5. The van der Waals surface area contributed by atoms with E-state index in [2.05, 4.69) is 0 Å². The van der Waals surface area contributed by atoms with E-state index in [1.165, 1.54) is 0 Å². The van der Waals surface area contributed by atoms with E-state index in [0.29, 0.717) is 13.0 Å². The molecule has 0 radical (unpaired) electrons. The first-order valence-electron chi connectivity index (χ1n) is 6.09. The van der Waals surface area contributed by atoms with E-state index in [1.807, 2.05) is 11.8 Å². The molecule has 1 saturated heterocycles. The Kier molecular flexibility index (Phi) is 2.91. The minimum Gasteiger partial charge on any atom is -0.465 e. The van der Waals surface area contributed by atoms with Crippen molar-refractivity contribution in [3.63, 3.8) is 0 Å². The van der Waals surface area contributed by atoms with Crippen molar-refractivity contribution >= 4 is 11.9 Å². The van der Waals surface area contributed by atoms with Gasteiger partial charge in [-0.05, 0) is 32.1 Å². The number of nitrogens with zero attached hydrogens (tertiary/aromatic N) is 1. The van der Waals surface area contributed by atoms with Crippen LogP contribution < -0.4 is 0 Å². The Morgan fingerprint density at radius 2 is 1.94 bits per heavy atom. The lowest BCUT2D eigenvalue weighted by atomic mass is 10.0. The van der Waals surface area contributed by atoms with Crippen LogP contribution in [0.2, 0.25) is 0 Å². The first-order valence-corrected chi connectivity index (χ1v) is 6.09. The summed E-state index contributed by atoms with van der Waals surface area (Å²) in [5, 5.41) is 0. The summed E-state index contributed by atoms with van der Waals surface area (Å²) in [5.74, 6) is -0.185. The number of rotatable bonds is 3. The summed E-state index contributed by atoms with van der Waals surface area (Å²) >= 11 is 0. The molecule has 16 heavy (non-hydrogen) atoms. The van der Waals surface area contributed by atoms with Crippen LogP contribution in [0.15, 0.2) is 0 Å². The van der Waals surface area contributed by atoms with Gasteiger partial charge in [0.2, 0.25) is 5.91 Å². The van der Waals surface area contributed by atoms with E-state index in [0.717, 1.165) is 25.9 Å². The Morgan fingerprint density at radius 3 is 2.38 bits per heavy atom. The molecule has 1 saturated carbocycles. The zero-order chi connectivity index (χ0) is 11.8. The first-order chi connectivity index (χ1) is 7.63. The van der Waals surface area contributed by atoms with E-state index in [4.69, 9.17) is 4.74 Å². The number of ether oxygens (including phenoxy) is 1. The molecule has 2 fully saturated rings. The van der Waals surface area contributed by atoms with Crippen molar-refractivity contribution in [2.45, 2.75) is 33.1 Å². The molecule has 2 atom stereocenters. The molecule has 0 aromatic carbocycles. The largest absolute Gasteiger partial charge is 0.465 e. The summed E-state index contributed by atoms with van der Waals surface area (Å²) in [6, 6.07) is 0. The number of esters is 1. The van der Waals surface area contributed by atoms with Gasteiger partial charge in [0.05, 0.1) is 6.61 Å². The predicted molar refractivity (Wildman–Crippen MR) is 58.7 cm³/mol. The number of hydrogen-bond donors (Lipinski definition) is 0. The van der Waals surface area contributed by atoms with E-state index >= 15 is 0 Å². The van der Waals surface area contributed by atoms with Gasteiger partial charge in [-0.25, -0.2) is 0 Å². The number of carbonyl (C=O) groups is 2. The molecule has 90 valence electrons. The quantitative estimate of drug-likeness (QED) is 0.535. The molecule has 0 N–H and O–H groups in total. The number of carbonyl (C=O) groups excluding carboxylic acids is 2. The molecule has 1 unspecified atom stereocenters. The lowest BCUT2D eigenvalue weighted by molar-refractivity contribution is -0.158. The molecular formula is C12H19NO3. The van der Waals surface area contributed by atoms with Gasteiger partial charge in [-0.15, -0.1) is 0 Å². The van der Waals surface area contributed by atoms with Gasteiger partial charge in [0, 0.05) is 13.1 Å². The van der Waals surface area contributed by atoms with Crippen LogP contribution in [0.4, 0.5) is 0 Å². The Hall–Kier alpha value is -1.06. The fourth-order valence-electron chi connectivity index (χ4n) is 2.56. The minimum absolute atomic E-state index is 0.00375. The van der Waals surface area contributed by atoms with E-state index in [-0.39, 0.29) is 17.8 Å². The molecule has 0 aromatic rings. The highest BCUT2D eigenvalue weighted by Crippen LogP contribution is 2.54. The van der Waals surface area contributed by atoms with Crippen molar-refractivity contribution in [1.29, 1.82) is 0 Å². The SMILES string of the molecule is CCOC(=O)[C@]1(C(=O)N2CCCC2)CC1C. The maximum atomic E-state index is 12.3. The average molecular weight is 225 g/mol. The lowest BCUT2D eigenvalue weighted by Gasteiger charge is -2.22. The molecule has 4 nitrogen and oxygen atoms in total. The zero-order valence-electron chi connectivity index (χ0n) is 9.99. The molecule has 1 aliphatic heterocycles. The molecular weight excluding hydrogens is 206 g/mol. The van der Waals surface area contributed by atoms with Crippen LogP contribution in [0, 0.1) is 11.3 Å². The zero-order valence-corrected chi connectivity index (χ0v) is 9.99. The van der Waals surface area contributed by atoms with Crippen LogP contribution in [0.3, 0.4) is 0 Å². The highest BCUT2D eigenvalue weighted by Gasteiger charge is 2.65. The smallest absolute Gasteiger partial charge is 0.321 e. The molecule has 4 heteroatoms. The molecule has 1 heterocycles. The molecule has 2 rings (SSSR count). The van der Waals surface area contributed by atoms with Gasteiger partial charge in [-0.3, -0.25) is 9.59 Å². The number of hydrogen-bond acceptors (Lipinski definition) is 3. The van der Waals surface area contributed by atoms with Crippen LogP contribution in [0.5, 0.6) is 0 Å². The van der Waals surface area contributed by atoms with Gasteiger partial charge < -0.3 is 9.64 Å². The number of amides is 1. The molecule has 0 aromatic heterocycles. The molecule has 2 aliphatic rings. The van der Waals surface area contributed by atoms with Crippen LogP contribution in [-0.4, -0.2) is 36.5 Å². The maximum Gasteiger partial charge on any atom is 0.321 e. The number of likely N-dealkylation sites (tertiary alicyclic amines) is 1. The predicted octanol–water partition coefficient (Wildman–Crippen LogP) is 1.20. The summed E-state index contributed by atoms with van der Waals surface area (Å²) < 4.78 is 5.03. The standard InChI is InChI=1S/C12H19NO3/c1-3-16-11(15)12(8-9(12)2)10(14)13-6-4-5-7-13/h9H,3-8H2,1-2H3/t9?,12-/m1/s1. The van der Waals surface area contributed by atoms with Gasteiger partial charge in [0.1, 0.15) is 5.41 Å². The van der Waals surface area contributed by atoms with Crippen molar-refractivity contribution < 1.29 is 14.3 Å². The van der Waals surface area contributed by atoms with Crippen molar-refractivity contribution in [3.05, 3.63) is 0 Å². The Morgan fingerprint density at radius 1 is 1.38 bits per heavy atom. The third kappa shape index (κ3) is 1.60. The third-order valence-corrected chi connectivity index (χ3v) is 3.72. The topological polar surface area (TPSA) is 46.6 Å². The molecule has 1 amide bonds. The summed E-state index contributed by atoms with van der Waals surface area (Å²) in [4.78, 5) is 26.0. The van der Waals surface area contributed by atoms with Crippen molar-refractivity contribution in [2.24, 2.45) is 11.3 Å². The summed E-state index contributed by atoms with van der Waals surface area (Å²) in [5.41, 5.74) is -0.833. The van der Waals surface area contributed by atoms with Gasteiger partial charge in [-0.2, -0.15) is 0 Å². The monoisotopic (exact) mass is 225 g/mol. The summed E-state index contributed by atoms with van der Waals surface area (Å²) in [6.07, 6.45) is 2.76. The fourth-order valence-corrected chi connectivity index (χ4v) is 2.56.